The zero-order valence-electron chi connectivity index (χ0n) is 11.8. The van der Waals surface area contributed by atoms with E-state index in [-0.39, 0.29) is 12.0 Å². The van der Waals surface area contributed by atoms with Gasteiger partial charge in [0.05, 0.1) is 19.3 Å². The summed E-state index contributed by atoms with van der Waals surface area (Å²) in [5.74, 6) is 0.952. The number of hydrogen-bond acceptors (Lipinski definition) is 4. The molecule has 0 spiro atoms. The highest BCUT2D eigenvalue weighted by molar-refractivity contribution is 5.60. The molecule has 19 heavy (non-hydrogen) atoms. The molecule has 0 amide bonds. The average molecular weight is 265 g/mol. The third-order valence-electron chi connectivity index (χ3n) is 3.88. The molecule has 0 aromatic heterocycles. The van der Waals surface area contributed by atoms with Crippen molar-refractivity contribution in [2.75, 3.05) is 25.1 Å². The predicted molar refractivity (Wildman–Crippen MR) is 75.6 cm³/mol. The number of aliphatic hydroxyl groups is 2. The second-order valence-corrected chi connectivity index (χ2v) is 5.35. The van der Waals surface area contributed by atoms with Gasteiger partial charge >= 0.3 is 0 Å². The van der Waals surface area contributed by atoms with Crippen LogP contribution in [0.15, 0.2) is 18.2 Å². The number of rotatable bonds is 3. The van der Waals surface area contributed by atoms with Crippen molar-refractivity contribution in [2.45, 2.75) is 32.5 Å². The van der Waals surface area contributed by atoms with Crippen LogP contribution in [0.25, 0.3) is 0 Å². The fourth-order valence-electron chi connectivity index (χ4n) is 2.76. The average Bonchev–Trinajstić information content (AvgIpc) is 2.40. The van der Waals surface area contributed by atoms with Gasteiger partial charge in [-0.05, 0) is 31.4 Å². The lowest BCUT2D eigenvalue weighted by atomic mass is 9.95. The van der Waals surface area contributed by atoms with E-state index in [2.05, 4.69) is 11.8 Å². The van der Waals surface area contributed by atoms with Crippen LogP contribution in [0.2, 0.25) is 0 Å². The molecule has 0 aliphatic carbocycles. The molecule has 1 aliphatic heterocycles. The van der Waals surface area contributed by atoms with Crippen molar-refractivity contribution in [3.05, 3.63) is 23.8 Å². The molecule has 2 N–H and O–H groups in total. The molecule has 1 fully saturated rings. The predicted octanol–water partition coefficient (Wildman–Crippen LogP) is 1.96. The zero-order chi connectivity index (χ0) is 14.0. The summed E-state index contributed by atoms with van der Waals surface area (Å²) in [6, 6.07) is 5.82. The Kier molecular flexibility index (Phi) is 4.32. The van der Waals surface area contributed by atoms with Crippen LogP contribution < -0.4 is 9.64 Å². The van der Waals surface area contributed by atoms with Crippen molar-refractivity contribution >= 4 is 5.69 Å². The molecular formula is C15H23NO3. The van der Waals surface area contributed by atoms with Crippen molar-refractivity contribution in [1.82, 2.24) is 0 Å². The lowest BCUT2D eigenvalue weighted by molar-refractivity contribution is 0.0968. The highest BCUT2D eigenvalue weighted by Gasteiger charge is 2.27. The molecule has 1 aromatic carbocycles. The second-order valence-electron chi connectivity index (χ2n) is 5.35. The van der Waals surface area contributed by atoms with Crippen LogP contribution in [0.3, 0.4) is 0 Å². The first-order valence-corrected chi connectivity index (χ1v) is 6.82. The lowest BCUT2D eigenvalue weighted by Crippen LogP contribution is -2.42. The van der Waals surface area contributed by atoms with Crippen LogP contribution in [-0.4, -0.2) is 36.5 Å². The van der Waals surface area contributed by atoms with Gasteiger partial charge in [0.2, 0.25) is 0 Å². The number of methoxy groups -OCH3 is 1. The van der Waals surface area contributed by atoms with Gasteiger partial charge in [-0.15, -0.1) is 0 Å². The number of anilines is 1. The molecule has 0 radical (unpaired) electrons. The van der Waals surface area contributed by atoms with Gasteiger partial charge in [-0.2, -0.15) is 0 Å². The number of piperidine rings is 1. The van der Waals surface area contributed by atoms with Crippen molar-refractivity contribution in [3.63, 3.8) is 0 Å². The largest absolute Gasteiger partial charge is 0.496 e. The van der Waals surface area contributed by atoms with E-state index in [4.69, 9.17) is 4.74 Å². The topological polar surface area (TPSA) is 52.9 Å². The van der Waals surface area contributed by atoms with Crippen LogP contribution in [0.5, 0.6) is 5.75 Å². The summed E-state index contributed by atoms with van der Waals surface area (Å²) in [5.41, 5.74) is 1.83. The molecule has 106 valence electrons. The summed E-state index contributed by atoms with van der Waals surface area (Å²) in [5, 5.41) is 19.8. The van der Waals surface area contributed by atoms with Crippen molar-refractivity contribution in [2.24, 2.45) is 5.92 Å². The van der Waals surface area contributed by atoms with E-state index < -0.39 is 6.10 Å². The van der Waals surface area contributed by atoms with Gasteiger partial charge in [-0.1, -0.05) is 13.0 Å². The molecule has 3 atom stereocenters. The van der Waals surface area contributed by atoms with Gasteiger partial charge < -0.3 is 19.8 Å². The van der Waals surface area contributed by atoms with Crippen molar-refractivity contribution < 1.29 is 14.9 Å². The number of aliphatic hydroxyl groups excluding tert-OH is 2. The summed E-state index contributed by atoms with van der Waals surface area (Å²) in [4.78, 5) is 2.22. The molecule has 1 saturated heterocycles. The Hall–Kier alpha value is -1.26. The molecule has 4 heteroatoms. The fourth-order valence-corrected chi connectivity index (χ4v) is 2.76. The molecular weight excluding hydrogens is 242 g/mol. The van der Waals surface area contributed by atoms with Crippen LogP contribution in [0.4, 0.5) is 5.69 Å². The molecule has 1 aliphatic rings. The van der Waals surface area contributed by atoms with Gasteiger partial charge in [-0.25, -0.2) is 0 Å². The van der Waals surface area contributed by atoms with E-state index in [1.165, 1.54) is 0 Å². The fraction of sp³-hybridized carbons (Fsp3) is 0.600. The third-order valence-corrected chi connectivity index (χ3v) is 3.88. The van der Waals surface area contributed by atoms with E-state index in [1.807, 2.05) is 18.2 Å². The van der Waals surface area contributed by atoms with Crippen LogP contribution >= 0.6 is 0 Å². The van der Waals surface area contributed by atoms with Crippen molar-refractivity contribution in [1.29, 1.82) is 0 Å². The van der Waals surface area contributed by atoms with E-state index in [0.717, 1.165) is 30.8 Å². The monoisotopic (exact) mass is 265 g/mol. The van der Waals surface area contributed by atoms with Crippen LogP contribution in [0.1, 0.15) is 31.9 Å². The Morgan fingerprint density at radius 3 is 2.74 bits per heavy atom. The number of ether oxygens (including phenoxy) is 1. The standard InChI is InChI=1S/C15H23NO3/c1-10-9-16(8-7-13(10)18)12-5-4-6-14(19-3)15(12)11(2)17/h4-6,10-11,13,17-18H,7-9H2,1-3H3/t10?,11-,13?/m0/s1. The molecule has 4 nitrogen and oxygen atoms in total. The lowest BCUT2D eigenvalue weighted by Gasteiger charge is -2.37. The minimum Gasteiger partial charge on any atom is -0.496 e. The molecule has 2 rings (SSSR count). The van der Waals surface area contributed by atoms with Gasteiger partial charge in [0.15, 0.2) is 0 Å². The third kappa shape index (κ3) is 2.85. The molecule has 0 saturated carbocycles. The normalized spacial score (nSPS) is 25.2. The Balaban J connectivity index is 2.34. The van der Waals surface area contributed by atoms with E-state index in [1.54, 1.807) is 14.0 Å². The summed E-state index contributed by atoms with van der Waals surface area (Å²) in [6.07, 6.45) is -0.0392. The number of hydrogen-bond donors (Lipinski definition) is 2. The number of nitrogens with zero attached hydrogens (tertiary/aromatic N) is 1. The first kappa shape index (κ1) is 14.2. The first-order chi connectivity index (χ1) is 9.04. The quantitative estimate of drug-likeness (QED) is 0.877. The smallest absolute Gasteiger partial charge is 0.126 e. The minimum absolute atomic E-state index is 0.225. The summed E-state index contributed by atoms with van der Waals surface area (Å²) in [6.45, 7) is 5.41. The summed E-state index contributed by atoms with van der Waals surface area (Å²) < 4.78 is 5.35. The zero-order valence-corrected chi connectivity index (χ0v) is 11.8. The highest BCUT2D eigenvalue weighted by Crippen LogP contribution is 2.36. The SMILES string of the molecule is COc1cccc(N2CCC(O)C(C)C2)c1[C@H](C)O. The molecule has 1 heterocycles. The van der Waals surface area contributed by atoms with Gasteiger partial charge in [0.25, 0.3) is 0 Å². The van der Waals surface area contributed by atoms with Gasteiger partial charge in [0.1, 0.15) is 5.75 Å². The second kappa shape index (κ2) is 5.80. The van der Waals surface area contributed by atoms with E-state index in [9.17, 15) is 10.2 Å². The van der Waals surface area contributed by atoms with Crippen molar-refractivity contribution in [3.8, 4) is 5.75 Å². The summed E-state index contributed by atoms with van der Waals surface area (Å²) in [7, 11) is 1.62. The maximum atomic E-state index is 10.0. The maximum Gasteiger partial charge on any atom is 0.126 e. The summed E-state index contributed by atoms with van der Waals surface area (Å²) >= 11 is 0. The first-order valence-electron chi connectivity index (χ1n) is 6.82. The van der Waals surface area contributed by atoms with Gasteiger partial charge in [0, 0.05) is 24.3 Å². The van der Waals surface area contributed by atoms with E-state index in [0.29, 0.717) is 5.75 Å². The molecule has 2 unspecified atom stereocenters. The highest BCUT2D eigenvalue weighted by atomic mass is 16.5. The van der Waals surface area contributed by atoms with Gasteiger partial charge in [-0.3, -0.25) is 0 Å². The molecule has 1 aromatic rings. The van der Waals surface area contributed by atoms with E-state index >= 15 is 0 Å². The maximum absolute atomic E-state index is 10.0. The minimum atomic E-state index is -0.576. The Bertz CT molecular complexity index is 433. The Morgan fingerprint density at radius 2 is 2.16 bits per heavy atom. The number of benzene rings is 1. The van der Waals surface area contributed by atoms with Crippen LogP contribution in [0, 0.1) is 5.92 Å². The Labute approximate surface area is 114 Å². The Morgan fingerprint density at radius 1 is 1.42 bits per heavy atom. The van der Waals surface area contributed by atoms with Crippen LogP contribution in [-0.2, 0) is 0 Å². The molecule has 0 bridgehead atoms.